The molecule has 0 saturated carbocycles. The number of hydrogen-bond acceptors (Lipinski definition) is 6. The van der Waals surface area contributed by atoms with Gasteiger partial charge in [0.25, 0.3) is 5.69 Å². The van der Waals surface area contributed by atoms with Gasteiger partial charge in [-0.2, -0.15) is 0 Å². The Labute approximate surface area is 193 Å². The fraction of sp³-hybridized carbons (Fsp3) is 0.174. The van der Waals surface area contributed by atoms with Gasteiger partial charge in [0.2, 0.25) is 0 Å². The normalized spacial score (nSPS) is 10.8. The van der Waals surface area contributed by atoms with Gasteiger partial charge in [-0.25, -0.2) is 0 Å². The van der Waals surface area contributed by atoms with Crippen LogP contribution in [0, 0.1) is 13.7 Å². The first-order valence-electron chi connectivity index (χ1n) is 9.58. The molecule has 0 fully saturated rings. The number of hydrogen-bond donors (Lipinski definition) is 0. The van der Waals surface area contributed by atoms with Gasteiger partial charge < -0.3 is 14.3 Å². The first-order valence-corrected chi connectivity index (χ1v) is 10.7. The average Bonchev–Trinajstić information content (AvgIpc) is 2.77. The maximum atomic E-state index is 10.8. The van der Waals surface area contributed by atoms with E-state index in [1.807, 2.05) is 49.4 Å². The van der Waals surface area contributed by atoms with Gasteiger partial charge >= 0.3 is 0 Å². The maximum absolute atomic E-state index is 10.8. The molecule has 0 N–H and O–H groups in total. The number of ether oxygens (including phenoxy) is 2. The molecule has 0 spiro atoms. The van der Waals surface area contributed by atoms with Crippen LogP contribution in [0.15, 0.2) is 71.9 Å². The summed E-state index contributed by atoms with van der Waals surface area (Å²) in [5.41, 5.74) is 2.54. The van der Waals surface area contributed by atoms with Crippen LogP contribution >= 0.6 is 22.6 Å². The van der Waals surface area contributed by atoms with Gasteiger partial charge in [0, 0.05) is 21.3 Å². The van der Waals surface area contributed by atoms with Gasteiger partial charge in [-0.3, -0.25) is 10.1 Å². The van der Waals surface area contributed by atoms with Crippen molar-refractivity contribution in [1.82, 2.24) is 0 Å². The van der Waals surface area contributed by atoms with E-state index in [1.165, 1.54) is 15.7 Å². The number of nitrogens with zero attached hydrogens (tertiary/aromatic N) is 2. The van der Waals surface area contributed by atoms with E-state index in [0.29, 0.717) is 30.3 Å². The third-order valence-corrected chi connectivity index (χ3v) is 4.92. The van der Waals surface area contributed by atoms with E-state index in [-0.39, 0.29) is 12.3 Å². The first-order chi connectivity index (χ1) is 15.0. The Kier molecular flexibility index (Phi) is 8.22. The van der Waals surface area contributed by atoms with Crippen LogP contribution in [0.25, 0.3) is 0 Å². The Morgan fingerprint density at radius 2 is 1.77 bits per heavy atom. The van der Waals surface area contributed by atoms with Crippen molar-refractivity contribution in [2.75, 3.05) is 6.61 Å². The van der Waals surface area contributed by atoms with Gasteiger partial charge in [0.15, 0.2) is 11.5 Å². The van der Waals surface area contributed by atoms with Gasteiger partial charge in [0.1, 0.15) is 13.2 Å². The molecule has 8 heteroatoms. The Hall–Kier alpha value is -3.14. The molecular formula is C23H21IN2O5. The number of non-ortho nitro benzene ring substituents is 1. The van der Waals surface area contributed by atoms with E-state index in [1.54, 1.807) is 18.3 Å². The molecule has 0 atom stereocenters. The lowest BCUT2D eigenvalue weighted by Gasteiger charge is -2.12. The highest BCUT2D eigenvalue weighted by Gasteiger charge is 2.08. The molecule has 0 bridgehead atoms. The second kappa shape index (κ2) is 11.3. The molecule has 0 heterocycles. The largest absolute Gasteiger partial charge is 0.490 e. The van der Waals surface area contributed by atoms with Gasteiger partial charge in [-0.1, -0.05) is 29.4 Å². The lowest BCUT2D eigenvalue weighted by Crippen LogP contribution is -2.00. The lowest BCUT2D eigenvalue weighted by molar-refractivity contribution is -0.384. The second-order valence-electron chi connectivity index (χ2n) is 6.49. The molecule has 0 amide bonds. The van der Waals surface area contributed by atoms with Crippen LogP contribution < -0.4 is 9.47 Å². The molecule has 0 aliphatic rings. The molecule has 0 unspecified atom stereocenters. The number of oxime groups is 1. The van der Waals surface area contributed by atoms with Gasteiger partial charge in [0.05, 0.1) is 17.7 Å². The molecule has 31 heavy (non-hydrogen) atoms. The van der Waals surface area contributed by atoms with Crippen molar-refractivity contribution in [2.24, 2.45) is 5.16 Å². The van der Waals surface area contributed by atoms with Crippen molar-refractivity contribution >= 4 is 34.5 Å². The Morgan fingerprint density at radius 1 is 0.968 bits per heavy atom. The highest BCUT2D eigenvalue weighted by Crippen LogP contribution is 2.29. The van der Waals surface area contributed by atoms with Crippen molar-refractivity contribution in [3.05, 3.63) is 97.1 Å². The van der Waals surface area contributed by atoms with E-state index in [9.17, 15) is 10.1 Å². The summed E-state index contributed by atoms with van der Waals surface area (Å²) in [4.78, 5) is 15.7. The third-order valence-electron chi connectivity index (χ3n) is 4.20. The van der Waals surface area contributed by atoms with E-state index in [2.05, 4.69) is 27.7 Å². The summed E-state index contributed by atoms with van der Waals surface area (Å²) in [5, 5.41) is 14.8. The highest BCUT2D eigenvalue weighted by molar-refractivity contribution is 14.1. The van der Waals surface area contributed by atoms with Crippen LogP contribution in [-0.4, -0.2) is 17.7 Å². The third kappa shape index (κ3) is 6.95. The molecule has 0 radical (unpaired) electrons. The molecule has 7 nitrogen and oxygen atoms in total. The minimum atomic E-state index is -0.440. The number of halogens is 1. The predicted octanol–water partition coefficient (Wildman–Crippen LogP) is 5.73. The number of benzene rings is 3. The predicted molar refractivity (Wildman–Crippen MR) is 127 cm³/mol. The number of nitro groups is 1. The molecular weight excluding hydrogens is 511 g/mol. The minimum Gasteiger partial charge on any atom is -0.490 e. The van der Waals surface area contributed by atoms with Crippen molar-refractivity contribution in [3.63, 3.8) is 0 Å². The number of nitro benzene ring substituents is 1. The molecule has 0 aromatic heterocycles. The Morgan fingerprint density at radius 3 is 2.52 bits per heavy atom. The molecule has 3 rings (SSSR count). The zero-order chi connectivity index (χ0) is 22.1. The standard InChI is InChI=1S/C23H21IN2O5/c1-2-29-23-13-18(8-11-22(23)30-15-17-6-9-20(24)10-7-17)14-25-31-16-19-4-3-5-21(12-19)26(27)28/h3-14H,2,15-16H2,1H3/b25-14-. The summed E-state index contributed by atoms with van der Waals surface area (Å²) in [6.45, 7) is 2.99. The summed E-state index contributed by atoms with van der Waals surface area (Å²) in [7, 11) is 0. The quantitative estimate of drug-likeness (QED) is 0.144. The monoisotopic (exact) mass is 532 g/mol. The van der Waals surface area contributed by atoms with Crippen molar-refractivity contribution in [3.8, 4) is 11.5 Å². The van der Waals surface area contributed by atoms with Crippen molar-refractivity contribution in [1.29, 1.82) is 0 Å². The van der Waals surface area contributed by atoms with E-state index < -0.39 is 4.92 Å². The van der Waals surface area contributed by atoms with Crippen LogP contribution in [0.1, 0.15) is 23.6 Å². The van der Waals surface area contributed by atoms with Gasteiger partial charge in [-0.15, -0.1) is 0 Å². The lowest BCUT2D eigenvalue weighted by atomic mass is 10.2. The van der Waals surface area contributed by atoms with Gasteiger partial charge in [-0.05, 0) is 71.0 Å². The van der Waals surface area contributed by atoms with E-state index in [4.69, 9.17) is 14.3 Å². The number of rotatable bonds is 10. The topological polar surface area (TPSA) is 83.2 Å². The average molecular weight is 532 g/mol. The molecule has 160 valence electrons. The Bertz CT molecular complexity index is 1050. The van der Waals surface area contributed by atoms with E-state index >= 15 is 0 Å². The van der Waals surface area contributed by atoms with E-state index in [0.717, 1.165) is 11.1 Å². The van der Waals surface area contributed by atoms with Crippen LogP contribution in [0.4, 0.5) is 5.69 Å². The van der Waals surface area contributed by atoms with Crippen molar-refractivity contribution < 1.29 is 19.2 Å². The zero-order valence-corrected chi connectivity index (χ0v) is 19.0. The summed E-state index contributed by atoms with van der Waals surface area (Å²) >= 11 is 2.27. The zero-order valence-electron chi connectivity index (χ0n) is 16.9. The second-order valence-corrected chi connectivity index (χ2v) is 7.73. The molecule has 0 aliphatic carbocycles. The molecule has 3 aromatic carbocycles. The first kappa shape index (κ1) is 22.5. The Balaban J connectivity index is 1.61. The summed E-state index contributed by atoms with van der Waals surface area (Å²) in [6.07, 6.45) is 1.56. The van der Waals surface area contributed by atoms with Crippen LogP contribution in [0.3, 0.4) is 0 Å². The fourth-order valence-corrected chi connectivity index (χ4v) is 3.06. The van der Waals surface area contributed by atoms with Crippen LogP contribution in [0.2, 0.25) is 0 Å². The summed E-state index contributed by atoms with van der Waals surface area (Å²) in [5.74, 6) is 1.27. The summed E-state index contributed by atoms with van der Waals surface area (Å²) < 4.78 is 12.8. The maximum Gasteiger partial charge on any atom is 0.269 e. The highest BCUT2D eigenvalue weighted by atomic mass is 127. The van der Waals surface area contributed by atoms with Crippen molar-refractivity contribution in [2.45, 2.75) is 20.1 Å². The minimum absolute atomic E-state index is 0.0206. The van der Waals surface area contributed by atoms with Crippen LogP contribution in [0.5, 0.6) is 11.5 Å². The molecule has 0 aliphatic heterocycles. The van der Waals surface area contributed by atoms with Crippen LogP contribution in [-0.2, 0) is 18.1 Å². The SMILES string of the molecule is CCOc1cc(/C=N\OCc2cccc([N+](=O)[O-])c2)ccc1OCc1ccc(I)cc1. The summed E-state index contributed by atoms with van der Waals surface area (Å²) in [6, 6.07) is 19.9. The molecule has 3 aromatic rings. The smallest absolute Gasteiger partial charge is 0.269 e. The fourth-order valence-electron chi connectivity index (χ4n) is 2.70. The molecule has 0 saturated heterocycles.